The molecule has 0 aliphatic carbocycles. The van der Waals surface area contributed by atoms with Gasteiger partial charge in [-0.15, -0.1) is 0 Å². The summed E-state index contributed by atoms with van der Waals surface area (Å²) in [6.45, 7) is 0. The average molecular weight is 614 g/mol. The van der Waals surface area contributed by atoms with Gasteiger partial charge in [0.15, 0.2) is 0 Å². The van der Waals surface area contributed by atoms with E-state index in [2.05, 4.69) is 125 Å². The van der Waals surface area contributed by atoms with E-state index in [1.165, 1.54) is 10.8 Å². The Balaban J connectivity index is 1.12. The molecule has 0 fully saturated rings. The monoisotopic (exact) mass is 613 g/mol. The zero-order valence-corrected chi connectivity index (χ0v) is 25.8. The van der Waals surface area contributed by atoms with Gasteiger partial charge in [-0.2, -0.15) is 0 Å². The molecule has 0 amide bonds. The van der Waals surface area contributed by atoms with Gasteiger partial charge in [0.1, 0.15) is 0 Å². The second kappa shape index (κ2) is 11.6. The average Bonchev–Trinajstić information content (AvgIpc) is 3.18. The summed E-state index contributed by atoms with van der Waals surface area (Å²) in [6.07, 6.45) is 3.58. The highest BCUT2D eigenvalue weighted by atomic mass is 14.8. The van der Waals surface area contributed by atoms with Crippen LogP contribution in [0.2, 0.25) is 0 Å². The second-order valence-electron chi connectivity index (χ2n) is 11.8. The molecule has 0 N–H and O–H groups in total. The number of hydrogen-bond donors (Lipinski definition) is 0. The first-order valence-corrected chi connectivity index (χ1v) is 15.9. The van der Waals surface area contributed by atoms with Gasteiger partial charge >= 0.3 is 0 Å². The van der Waals surface area contributed by atoms with Crippen molar-refractivity contribution < 1.29 is 0 Å². The number of aromatic nitrogens is 5. The second-order valence-corrected chi connectivity index (χ2v) is 11.8. The molecule has 0 spiro atoms. The number of pyridine rings is 5. The first-order chi connectivity index (χ1) is 23.8. The molecule has 48 heavy (non-hydrogen) atoms. The van der Waals surface area contributed by atoms with Crippen molar-refractivity contribution >= 4 is 32.6 Å². The minimum Gasteiger partial charge on any atom is -0.255 e. The fourth-order valence-corrected chi connectivity index (χ4v) is 6.35. The fourth-order valence-electron chi connectivity index (χ4n) is 6.35. The quantitative estimate of drug-likeness (QED) is 0.181. The van der Waals surface area contributed by atoms with Crippen LogP contribution in [0.15, 0.2) is 164 Å². The van der Waals surface area contributed by atoms with Crippen molar-refractivity contribution in [1.82, 2.24) is 24.9 Å². The summed E-state index contributed by atoms with van der Waals surface area (Å²) in [5.74, 6) is 0. The van der Waals surface area contributed by atoms with Gasteiger partial charge in [-0.1, -0.05) is 103 Å². The van der Waals surface area contributed by atoms with Crippen molar-refractivity contribution in [2.75, 3.05) is 0 Å². The van der Waals surface area contributed by atoms with Crippen LogP contribution in [0.25, 0.3) is 89.0 Å². The van der Waals surface area contributed by atoms with E-state index in [0.717, 1.165) is 78.2 Å². The smallest absolute Gasteiger partial charge is 0.0972 e. The van der Waals surface area contributed by atoms with Crippen LogP contribution in [-0.2, 0) is 0 Å². The molecule has 4 aromatic carbocycles. The van der Waals surface area contributed by atoms with Gasteiger partial charge in [0.2, 0.25) is 0 Å². The highest BCUT2D eigenvalue weighted by molar-refractivity contribution is 6.05. The molecule has 5 nitrogen and oxygen atoms in total. The van der Waals surface area contributed by atoms with E-state index < -0.39 is 0 Å². The van der Waals surface area contributed by atoms with E-state index in [9.17, 15) is 0 Å². The lowest BCUT2D eigenvalue weighted by Gasteiger charge is -2.11. The van der Waals surface area contributed by atoms with Gasteiger partial charge in [-0.25, -0.2) is 15.0 Å². The Morgan fingerprint density at radius 2 is 0.875 bits per heavy atom. The van der Waals surface area contributed by atoms with Crippen LogP contribution in [-0.4, -0.2) is 24.9 Å². The van der Waals surface area contributed by atoms with Crippen LogP contribution in [0.4, 0.5) is 0 Å². The Hall–Kier alpha value is -6.59. The molecule has 0 bridgehead atoms. The van der Waals surface area contributed by atoms with Crippen LogP contribution in [0.3, 0.4) is 0 Å². The lowest BCUT2D eigenvalue weighted by Crippen LogP contribution is -1.94. The topological polar surface area (TPSA) is 64.5 Å². The Morgan fingerprint density at radius 3 is 1.54 bits per heavy atom. The molecule has 0 radical (unpaired) electrons. The van der Waals surface area contributed by atoms with Crippen molar-refractivity contribution in [3.05, 3.63) is 164 Å². The predicted molar refractivity (Wildman–Crippen MR) is 195 cm³/mol. The van der Waals surface area contributed by atoms with Crippen LogP contribution < -0.4 is 0 Å². The van der Waals surface area contributed by atoms with Crippen molar-refractivity contribution in [3.8, 4) is 56.4 Å². The van der Waals surface area contributed by atoms with E-state index in [1.54, 1.807) is 12.4 Å². The molecule has 0 aliphatic heterocycles. The summed E-state index contributed by atoms with van der Waals surface area (Å²) >= 11 is 0. The van der Waals surface area contributed by atoms with E-state index in [4.69, 9.17) is 15.0 Å². The highest BCUT2D eigenvalue weighted by Crippen LogP contribution is 2.33. The Bertz CT molecular complexity index is 2540. The number of hydrogen-bond acceptors (Lipinski definition) is 5. The van der Waals surface area contributed by atoms with Crippen LogP contribution in [0.1, 0.15) is 0 Å². The first-order valence-electron chi connectivity index (χ1n) is 15.9. The third kappa shape index (κ3) is 5.04. The van der Waals surface area contributed by atoms with Crippen molar-refractivity contribution in [2.45, 2.75) is 0 Å². The molecule has 0 saturated heterocycles. The summed E-state index contributed by atoms with van der Waals surface area (Å²) in [4.78, 5) is 24.4. The normalized spacial score (nSPS) is 11.3. The van der Waals surface area contributed by atoms with Crippen molar-refractivity contribution in [2.24, 2.45) is 0 Å². The van der Waals surface area contributed by atoms with Gasteiger partial charge in [-0.3, -0.25) is 9.97 Å². The molecule has 9 rings (SSSR count). The van der Waals surface area contributed by atoms with E-state index in [-0.39, 0.29) is 0 Å². The summed E-state index contributed by atoms with van der Waals surface area (Å²) in [5, 5.41) is 4.52. The molecular weight excluding hydrogens is 587 g/mol. The molecule has 9 aromatic rings. The zero-order valence-electron chi connectivity index (χ0n) is 25.8. The molecule has 0 unspecified atom stereocenters. The minimum atomic E-state index is 0.802. The molecule has 0 saturated carbocycles. The summed E-state index contributed by atoms with van der Waals surface area (Å²) in [5.41, 5.74) is 11.1. The summed E-state index contributed by atoms with van der Waals surface area (Å²) < 4.78 is 0. The highest BCUT2D eigenvalue weighted by Gasteiger charge is 2.13. The van der Waals surface area contributed by atoms with Crippen molar-refractivity contribution in [3.63, 3.8) is 0 Å². The molecular formula is C43H27N5. The molecule has 5 heterocycles. The maximum atomic E-state index is 5.20. The third-order valence-corrected chi connectivity index (χ3v) is 8.78. The van der Waals surface area contributed by atoms with Gasteiger partial charge in [0.25, 0.3) is 0 Å². The van der Waals surface area contributed by atoms with E-state index in [1.807, 2.05) is 36.4 Å². The number of fused-ring (bicyclic) bond motifs is 4. The number of nitrogens with zero attached hydrogens (tertiary/aromatic N) is 5. The number of rotatable bonds is 5. The number of benzene rings is 4. The fraction of sp³-hybridized carbons (Fsp3) is 0. The minimum absolute atomic E-state index is 0.802. The lowest BCUT2D eigenvalue weighted by molar-refractivity contribution is 1.22. The Kier molecular flexibility index (Phi) is 6.72. The first kappa shape index (κ1) is 27.7. The molecule has 224 valence electrons. The van der Waals surface area contributed by atoms with E-state index in [0.29, 0.717) is 0 Å². The molecule has 0 atom stereocenters. The Labute approximate surface area is 277 Å². The Morgan fingerprint density at radius 1 is 0.312 bits per heavy atom. The summed E-state index contributed by atoms with van der Waals surface area (Å²) in [6, 6.07) is 52.0. The molecule has 5 aromatic heterocycles. The lowest BCUT2D eigenvalue weighted by atomic mass is 9.99. The van der Waals surface area contributed by atoms with Gasteiger partial charge in [0.05, 0.1) is 45.2 Å². The van der Waals surface area contributed by atoms with Gasteiger partial charge < -0.3 is 0 Å². The zero-order chi connectivity index (χ0) is 31.9. The maximum Gasteiger partial charge on any atom is 0.0972 e. The van der Waals surface area contributed by atoms with Gasteiger partial charge in [-0.05, 0) is 70.4 Å². The SMILES string of the molecule is c1ccc(-c2cc(-c3ccc(-c4ccc5ccc6ccc(-c7cccc8ccccc78)nc6c5n4)cc3)cc(-c3ccccn3)n2)nc1. The van der Waals surface area contributed by atoms with E-state index >= 15 is 0 Å². The van der Waals surface area contributed by atoms with Crippen LogP contribution >= 0.6 is 0 Å². The summed E-state index contributed by atoms with van der Waals surface area (Å²) in [7, 11) is 0. The molecule has 5 heteroatoms. The van der Waals surface area contributed by atoms with Gasteiger partial charge in [0, 0.05) is 34.3 Å². The maximum absolute atomic E-state index is 5.20. The third-order valence-electron chi connectivity index (χ3n) is 8.78. The van der Waals surface area contributed by atoms with Crippen molar-refractivity contribution in [1.29, 1.82) is 0 Å². The van der Waals surface area contributed by atoms with Crippen LogP contribution in [0, 0.1) is 0 Å². The standard InChI is InChI=1S/C43H27N5/c1-2-10-34-29(8-1)9-7-11-35(34)37-23-21-32-19-18-31-20-22-36(47-42(31)43(32)48-37)30-16-14-28(15-17-30)33-26-40(38-12-3-5-24-44-38)46-41(27-33)39-13-4-6-25-45-39/h1-27H. The molecule has 0 aliphatic rings. The largest absolute Gasteiger partial charge is 0.255 e. The predicted octanol–water partition coefficient (Wildman–Crippen LogP) is 10.5. The van der Waals surface area contributed by atoms with Crippen LogP contribution in [0.5, 0.6) is 0 Å².